The number of rotatable bonds is 6. The van der Waals surface area contributed by atoms with Crippen LogP contribution in [0.15, 0.2) is 259 Å². The molecule has 14 aromatic rings. The molecule has 92 heavy (non-hydrogen) atoms. The van der Waals surface area contributed by atoms with Crippen LogP contribution in [0.3, 0.4) is 0 Å². The lowest BCUT2D eigenvalue weighted by Gasteiger charge is -2.61. The van der Waals surface area contributed by atoms with E-state index in [1.165, 1.54) is 167 Å². The minimum Gasteiger partial charge on any atom is -0.456 e. The fourth-order valence-electron chi connectivity index (χ4n) is 22.1. The molecule has 10 aliphatic carbocycles. The Kier molecular flexibility index (Phi) is 11.2. The van der Waals surface area contributed by atoms with Gasteiger partial charge in [0.2, 0.25) is 0 Å². The maximum Gasteiger partial charge on any atom is 0.137 e. The first-order valence-corrected chi connectivity index (χ1v) is 35.2. The minimum absolute atomic E-state index is 0.0578. The zero-order valence-corrected chi connectivity index (χ0v) is 52.5. The van der Waals surface area contributed by atoms with E-state index in [-0.39, 0.29) is 10.8 Å². The van der Waals surface area contributed by atoms with Gasteiger partial charge in [0.05, 0.1) is 22.7 Å². The topological polar surface area (TPSA) is 19.6 Å². The van der Waals surface area contributed by atoms with Gasteiger partial charge in [-0.3, -0.25) is 0 Å². The van der Waals surface area contributed by atoms with Gasteiger partial charge in [-0.25, -0.2) is 0 Å². The normalized spacial score (nSPS) is 25.5. The van der Waals surface area contributed by atoms with Gasteiger partial charge in [-0.2, -0.15) is 0 Å². The summed E-state index contributed by atoms with van der Waals surface area (Å²) in [6.45, 7) is 0. The van der Waals surface area contributed by atoms with E-state index in [0.29, 0.717) is 23.7 Å². The molecule has 10 aliphatic rings. The Hall–Kier alpha value is -9.22. The average Bonchev–Trinajstić information content (AvgIpc) is 1.47. The van der Waals surface area contributed by atoms with Crippen LogP contribution < -0.4 is 9.80 Å². The highest BCUT2D eigenvalue weighted by atomic mass is 32.1. The van der Waals surface area contributed by atoms with Crippen molar-refractivity contribution in [3.05, 3.63) is 277 Å². The molecular weight excluding hydrogens is 1130 g/mol. The Bertz CT molecular complexity index is 4990. The maximum atomic E-state index is 6.51. The Morgan fingerprint density at radius 3 is 1.24 bits per heavy atom. The number of anilines is 6. The zero-order chi connectivity index (χ0) is 60.0. The van der Waals surface area contributed by atoms with Crippen molar-refractivity contribution >= 4 is 109 Å². The lowest BCUT2D eigenvalue weighted by molar-refractivity contribution is -0.0397. The summed E-state index contributed by atoms with van der Waals surface area (Å²) >= 11 is 1.92. The summed E-state index contributed by atoms with van der Waals surface area (Å²) in [5, 5.41) is 10.2. The molecule has 2 spiro atoms. The van der Waals surface area contributed by atoms with Crippen LogP contribution in [0, 0.1) is 47.3 Å². The Morgan fingerprint density at radius 2 is 0.685 bits per heavy atom. The molecule has 0 N–H and O–H groups in total. The van der Waals surface area contributed by atoms with E-state index in [1.54, 1.807) is 22.3 Å². The van der Waals surface area contributed by atoms with Crippen LogP contribution in [0.25, 0.3) is 85.9 Å². The number of benzene rings is 12. The molecule has 3 nitrogen and oxygen atoms in total. The van der Waals surface area contributed by atoms with Gasteiger partial charge in [0, 0.05) is 70.0 Å². The summed E-state index contributed by atoms with van der Waals surface area (Å²) in [4.78, 5) is 5.22. The quantitative estimate of drug-likeness (QED) is 0.165. The summed E-state index contributed by atoms with van der Waals surface area (Å²) < 4.78 is 9.21. The molecule has 8 bridgehead atoms. The molecule has 0 amide bonds. The Labute approximate surface area is 541 Å². The van der Waals surface area contributed by atoms with Crippen molar-refractivity contribution in [3.63, 3.8) is 0 Å². The van der Waals surface area contributed by atoms with Crippen molar-refractivity contribution in [3.8, 4) is 22.3 Å². The number of para-hydroxylation sites is 1. The van der Waals surface area contributed by atoms with Gasteiger partial charge in [-0.05, 0) is 227 Å². The van der Waals surface area contributed by atoms with Crippen LogP contribution in [0.1, 0.15) is 86.5 Å². The third-order valence-corrected chi connectivity index (χ3v) is 26.0. The number of hydrogen-bond acceptors (Lipinski definition) is 4. The van der Waals surface area contributed by atoms with Crippen molar-refractivity contribution in [1.82, 2.24) is 0 Å². The van der Waals surface area contributed by atoms with Crippen LogP contribution in [0.5, 0.6) is 0 Å². The molecule has 444 valence electrons. The fraction of sp³-hybridized carbons (Fsp3) is 0.227. The van der Waals surface area contributed by atoms with Gasteiger partial charge in [0.15, 0.2) is 0 Å². The SMILES string of the molecule is c1ccc2c(c1)-c1cccc(N(c3ccc4c(c3)oc3ccccc34)c3cccc4ccccc34)c1C21C2CC3CC(C2)CC1C3.c1ccc2c(c1)-c1cccc(N(c3ccc4c(c3)sc3ccccc34)c3cccc4ccccc34)c1C21C2CC3CC(C2)CC1C3. The van der Waals surface area contributed by atoms with Crippen LogP contribution in [0.4, 0.5) is 34.1 Å². The van der Waals surface area contributed by atoms with E-state index in [0.717, 1.165) is 40.5 Å². The molecule has 12 aromatic carbocycles. The molecule has 0 aliphatic heterocycles. The second-order valence-electron chi connectivity index (χ2n) is 29.1. The number of hydrogen-bond donors (Lipinski definition) is 0. The molecule has 2 aromatic heterocycles. The van der Waals surface area contributed by atoms with Gasteiger partial charge in [-0.15, -0.1) is 11.3 Å². The van der Waals surface area contributed by atoms with Gasteiger partial charge in [-0.1, -0.05) is 188 Å². The van der Waals surface area contributed by atoms with Crippen molar-refractivity contribution in [2.24, 2.45) is 47.3 Å². The number of nitrogens with zero attached hydrogens (tertiary/aromatic N) is 2. The van der Waals surface area contributed by atoms with Crippen LogP contribution in [-0.4, -0.2) is 0 Å². The smallest absolute Gasteiger partial charge is 0.137 e. The van der Waals surface area contributed by atoms with Crippen LogP contribution >= 0.6 is 11.3 Å². The second kappa shape index (κ2) is 19.7. The van der Waals surface area contributed by atoms with Crippen molar-refractivity contribution in [2.45, 2.75) is 75.0 Å². The van der Waals surface area contributed by atoms with E-state index < -0.39 is 0 Å². The third-order valence-electron chi connectivity index (χ3n) is 24.8. The summed E-state index contributed by atoms with van der Waals surface area (Å²) in [6, 6.07) is 96.1. The summed E-state index contributed by atoms with van der Waals surface area (Å²) in [7, 11) is 0. The van der Waals surface area contributed by atoms with Crippen molar-refractivity contribution in [2.75, 3.05) is 9.80 Å². The third kappa shape index (κ3) is 7.22. The maximum absolute atomic E-state index is 6.51. The fourth-order valence-corrected chi connectivity index (χ4v) is 23.2. The van der Waals surface area contributed by atoms with E-state index in [1.807, 2.05) is 11.3 Å². The molecule has 4 heteroatoms. The Morgan fingerprint density at radius 1 is 0.293 bits per heavy atom. The standard InChI is InChI=1S/C44H35NO.C44H35NS/c2*1-2-11-33-29(9-1)10-7-16-39(33)45(32-19-20-36-35-13-4-6-18-41(35)46-42(36)26-32)40-17-8-14-37-34-12-3-5-15-38(34)44(43(37)40)30-22-27-21-28(24-30)25-31(44)23-27/h2*1-20,26-28,30-31H,21-25H2. The molecule has 0 atom stereocenters. The summed E-state index contributed by atoms with van der Waals surface area (Å²) in [6.07, 6.45) is 13.9. The molecular formula is C88H70N2OS. The lowest BCUT2D eigenvalue weighted by Crippen LogP contribution is -2.55. The largest absolute Gasteiger partial charge is 0.456 e. The van der Waals surface area contributed by atoms with E-state index in [9.17, 15) is 0 Å². The molecule has 8 fully saturated rings. The molecule has 2 heterocycles. The molecule has 24 rings (SSSR count). The highest BCUT2D eigenvalue weighted by Gasteiger charge is 2.64. The van der Waals surface area contributed by atoms with Crippen molar-refractivity contribution < 1.29 is 4.42 Å². The van der Waals surface area contributed by atoms with Crippen molar-refractivity contribution in [1.29, 1.82) is 0 Å². The molecule has 0 unspecified atom stereocenters. The highest BCUT2D eigenvalue weighted by molar-refractivity contribution is 7.25. The van der Waals surface area contributed by atoms with Gasteiger partial charge >= 0.3 is 0 Å². The summed E-state index contributed by atoms with van der Waals surface area (Å²) in [5.41, 5.74) is 21.8. The van der Waals surface area contributed by atoms with E-state index >= 15 is 0 Å². The molecule has 8 saturated carbocycles. The van der Waals surface area contributed by atoms with Crippen LogP contribution in [0.2, 0.25) is 0 Å². The van der Waals surface area contributed by atoms with Gasteiger partial charge in [0.1, 0.15) is 11.2 Å². The number of fused-ring (bicyclic) bond motifs is 14. The predicted molar refractivity (Wildman–Crippen MR) is 384 cm³/mol. The summed E-state index contributed by atoms with van der Waals surface area (Å²) in [5.74, 6) is 6.46. The first-order valence-electron chi connectivity index (χ1n) is 34.4. The average molecular weight is 1200 g/mol. The van der Waals surface area contributed by atoms with Gasteiger partial charge < -0.3 is 14.2 Å². The number of furan rings is 1. The molecule has 0 saturated heterocycles. The van der Waals surface area contributed by atoms with E-state index in [2.05, 4.69) is 265 Å². The lowest BCUT2D eigenvalue weighted by atomic mass is 9.43. The second-order valence-corrected chi connectivity index (χ2v) is 30.1. The van der Waals surface area contributed by atoms with Gasteiger partial charge in [0.25, 0.3) is 0 Å². The van der Waals surface area contributed by atoms with E-state index in [4.69, 9.17) is 4.42 Å². The number of thiophene rings is 1. The molecule has 0 radical (unpaired) electrons. The Balaban J connectivity index is 0.000000124. The predicted octanol–water partition coefficient (Wildman–Crippen LogP) is 24.3. The van der Waals surface area contributed by atoms with Crippen LogP contribution in [-0.2, 0) is 10.8 Å². The monoisotopic (exact) mass is 1200 g/mol. The minimum atomic E-state index is 0.0578. The zero-order valence-electron chi connectivity index (χ0n) is 51.6. The first-order chi connectivity index (χ1) is 45.5. The first kappa shape index (κ1) is 52.4. The highest BCUT2D eigenvalue weighted by Crippen LogP contribution is 2.73.